The number of anilines is 1. The third kappa shape index (κ3) is 6.76. The van der Waals surface area contributed by atoms with Gasteiger partial charge in [-0.15, -0.1) is 0 Å². The fourth-order valence-corrected chi connectivity index (χ4v) is 5.89. The van der Waals surface area contributed by atoms with Crippen molar-refractivity contribution in [2.75, 3.05) is 25.5 Å². The second kappa shape index (κ2) is 12.6. The number of nitrogens with one attached hydrogen (secondary N) is 2. The highest BCUT2D eigenvalue weighted by Gasteiger charge is 2.39. The average Bonchev–Trinajstić information content (AvgIpc) is 2.96. The Kier molecular flexibility index (Phi) is 8.76. The normalized spacial score (nSPS) is 23.5. The number of fused-ring (bicyclic) bond motifs is 2. The molecule has 1 saturated heterocycles. The quantitative estimate of drug-likeness (QED) is 0.560. The van der Waals surface area contributed by atoms with Crippen LogP contribution in [0, 0.1) is 5.92 Å². The molecule has 1 aromatic heterocycles. The number of ether oxygens (including phenoxy) is 2. The van der Waals surface area contributed by atoms with Gasteiger partial charge in [0.15, 0.2) is 0 Å². The largest absolute Gasteiger partial charge is 0.490 e. The molecule has 5 rings (SSSR count). The van der Waals surface area contributed by atoms with Gasteiger partial charge in [-0.05, 0) is 68.0 Å². The second-order valence-electron chi connectivity index (χ2n) is 10.9. The van der Waals surface area contributed by atoms with Gasteiger partial charge in [-0.2, -0.15) is 0 Å². The highest BCUT2D eigenvalue weighted by molar-refractivity contribution is 6.00. The van der Waals surface area contributed by atoms with Crippen molar-refractivity contribution in [3.05, 3.63) is 53.9 Å². The van der Waals surface area contributed by atoms with E-state index in [0.717, 1.165) is 44.1 Å². The number of nitrogens with zero attached hydrogens (tertiary/aromatic N) is 2. The van der Waals surface area contributed by atoms with Crippen molar-refractivity contribution >= 4 is 23.4 Å². The lowest BCUT2D eigenvalue weighted by Crippen LogP contribution is -2.54. The summed E-state index contributed by atoms with van der Waals surface area (Å²) in [6.45, 7) is 0.838. The number of pyridine rings is 1. The molecule has 0 spiro atoms. The summed E-state index contributed by atoms with van der Waals surface area (Å²) in [5.74, 6) is 0.323. The van der Waals surface area contributed by atoms with Gasteiger partial charge in [-0.3, -0.25) is 19.4 Å². The molecule has 9 heteroatoms. The molecular formula is C30H38N4O5. The molecule has 3 heterocycles. The molecule has 0 unspecified atom stereocenters. The molecule has 0 radical (unpaired) electrons. The maximum atomic E-state index is 13.5. The fourth-order valence-electron chi connectivity index (χ4n) is 5.89. The van der Waals surface area contributed by atoms with Crippen LogP contribution < -0.4 is 15.4 Å². The number of rotatable bonds is 7. The van der Waals surface area contributed by atoms with Gasteiger partial charge < -0.3 is 25.0 Å². The first-order valence-corrected chi connectivity index (χ1v) is 14.1. The molecule has 0 bridgehead atoms. The lowest BCUT2D eigenvalue weighted by atomic mass is 9.88. The van der Waals surface area contributed by atoms with Crippen LogP contribution in [0.25, 0.3) is 0 Å². The number of hydrogen-bond donors (Lipinski definition) is 2. The first kappa shape index (κ1) is 27.1. The minimum absolute atomic E-state index is 0.0235. The number of aromatic nitrogens is 1. The van der Waals surface area contributed by atoms with Crippen molar-refractivity contribution < 1.29 is 23.9 Å². The molecule has 3 atom stereocenters. The molecule has 9 nitrogen and oxygen atoms in total. The van der Waals surface area contributed by atoms with Crippen LogP contribution in [0.15, 0.2) is 42.7 Å². The number of carbonyl (C=O) groups excluding carboxylic acids is 3. The van der Waals surface area contributed by atoms with Crippen LogP contribution in [0.2, 0.25) is 0 Å². The summed E-state index contributed by atoms with van der Waals surface area (Å²) in [4.78, 5) is 44.5. The van der Waals surface area contributed by atoms with Crippen LogP contribution in [0.3, 0.4) is 0 Å². The van der Waals surface area contributed by atoms with Crippen LogP contribution >= 0.6 is 0 Å². The Morgan fingerprint density at radius 1 is 1.05 bits per heavy atom. The fraction of sp³-hybridized carbons (Fsp3) is 0.533. The summed E-state index contributed by atoms with van der Waals surface area (Å²) in [5.41, 5.74) is 2.18. The molecule has 1 saturated carbocycles. The third-order valence-corrected chi connectivity index (χ3v) is 8.15. The minimum Gasteiger partial charge on any atom is -0.490 e. The Morgan fingerprint density at radius 3 is 2.64 bits per heavy atom. The van der Waals surface area contributed by atoms with Gasteiger partial charge >= 0.3 is 0 Å². The standard InChI is InChI=1S/C30H38N4O5/c1-34-25-9-8-23(18-28(35)32-16-13-20-11-14-31-15-12-20)39-27(25)19-38-26-10-7-22(17-24(26)30(34)37)33-29(36)21-5-3-2-4-6-21/h7,10-12,14-15,17,21,23,25,27H,2-6,8-9,13,16,18-19H2,1H3,(H,32,35)(H,33,36)/t23-,25-,27+/m1/s1. The van der Waals surface area contributed by atoms with E-state index >= 15 is 0 Å². The predicted molar refractivity (Wildman–Crippen MR) is 146 cm³/mol. The zero-order chi connectivity index (χ0) is 27.2. The number of carbonyl (C=O) groups is 3. The molecule has 3 aliphatic rings. The highest BCUT2D eigenvalue weighted by Crippen LogP contribution is 2.33. The summed E-state index contributed by atoms with van der Waals surface area (Å²) in [5, 5.41) is 5.98. The van der Waals surface area contributed by atoms with Crippen molar-refractivity contribution in [2.45, 2.75) is 76.0 Å². The molecule has 1 aromatic carbocycles. The summed E-state index contributed by atoms with van der Waals surface area (Å²) in [6, 6.07) is 8.97. The topological polar surface area (TPSA) is 110 Å². The number of likely N-dealkylation sites (N-methyl/N-ethyl adjacent to an activating group) is 1. The molecule has 2 N–H and O–H groups in total. The lowest BCUT2D eigenvalue weighted by Gasteiger charge is -2.42. The van der Waals surface area contributed by atoms with Crippen LogP contribution in [-0.4, -0.2) is 66.1 Å². The van der Waals surface area contributed by atoms with Crippen molar-refractivity contribution in [2.24, 2.45) is 5.92 Å². The molecule has 1 aliphatic carbocycles. The van der Waals surface area contributed by atoms with E-state index in [1.807, 2.05) is 12.1 Å². The average molecular weight is 535 g/mol. The van der Waals surface area contributed by atoms with E-state index in [1.165, 1.54) is 6.42 Å². The molecule has 3 amide bonds. The SMILES string of the molecule is CN1C(=O)c2cc(NC(=O)C3CCCCC3)ccc2OC[C@@H]2O[C@@H](CC(=O)NCCc3ccncc3)CC[C@H]21. The first-order chi connectivity index (χ1) is 19.0. The summed E-state index contributed by atoms with van der Waals surface area (Å²) in [7, 11) is 1.79. The van der Waals surface area contributed by atoms with Crippen LogP contribution in [0.4, 0.5) is 5.69 Å². The number of amides is 3. The van der Waals surface area contributed by atoms with Crippen molar-refractivity contribution in [3.63, 3.8) is 0 Å². The first-order valence-electron chi connectivity index (χ1n) is 14.1. The molecule has 39 heavy (non-hydrogen) atoms. The van der Waals surface area contributed by atoms with E-state index in [0.29, 0.717) is 30.0 Å². The van der Waals surface area contributed by atoms with E-state index in [-0.39, 0.29) is 54.9 Å². The van der Waals surface area contributed by atoms with Gasteiger partial charge in [0.25, 0.3) is 5.91 Å². The van der Waals surface area contributed by atoms with Gasteiger partial charge in [0.2, 0.25) is 11.8 Å². The van der Waals surface area contributed by atoms with Crippen LogP contribution in [-0.2, 0) is 20.7 Å². The lowest BCUT2D eigenvalue weighted by molar-refractivity contribution is -0.134. The van der Waals surface area contributed by atoms with Crippen molar-refractivity contribution in [3.8, 4) is 5.75 Å². The molecule has 208 valence electrons. The minimum atomic E-state index is -0.332. The van der Waals surface area contributed by atoms with Crippen LogP contribution in [0.5, 0.6) is 5.75 Å². The van der Waals surface area contributed by atoms with Gasteiger partial charge in [0.1, 0.15) is 18.5 Å². The smallest absolute Gasteiger partial charge is 0.257 e. The second-order valence-corrected chi connectivity index (χ2v) is 10.9. The zero-order valence-electron chi connectivity index (χ0n) is 22.6. The molecule has 2 aliphatic heterocycles. The van der Waals surface area contributed by atoms with Gasteiger partial charge in [-0.1, -0.05) is 19.3 Å². The predicted octanol–water partition coefficient (Wildman–Crippen LogP) is 3.73. The maximum Gasteiger partial charge on any atom is 0.257 e. The van der Waals surface area contributed by atoms with E-state index < -0.39 is 0 Å². The van der Waals surface area contributed by atoms with Crippen molar-refractivity contribution in [1.82, 2.24) is 15.2 Å². The Balaban J connectivity index is 1.17. The van der Waals surface area contributed by atoms with Gasteiger partial charge in [0, 0.05) is 37.6 Å². The third-order valence-electron chi connectivity index (χ3n) is 8.15. The molecular weight excluding hydrogens is 496 g/mol. The molecule has 2 aromatic rings. The summed E-state index contributed by atoms with van der Waals surface area (Å²) < 4.78 is 12.4. The van der Waals surface area contributed by atoms with E-state index in [2.05, 4.69) is 15.6 Å². The maximum absolute atomic E-state index is 13.5. The Morgan fingerprint density at radius 2 is 1.85 bits per heavy atom. The summed E-state index contributed by atoms with van der Waals surface area (Å²) >= 11 is 0. The monoisotopic (exact) mass is 534 g/mol. The van der Waals surface area contributed by atoms with Crippen molar-refractivity contribution in [1.29, 1.82) is 0 Å². The van der Waals surface area contributed by atoms with E-state index in [4.69, 9.17) is 9.47 Å². The van der Waals surface area contributed by atoms with E-state index in [9.17, 15) is 14.4 Å². The number of benzene rings is 1. The highest BCUT2D eigenvalue weighted by atomic mass is 16.5. The summed E-state index contributed by atoms with van der Waals surface area (Å²) in [6.07, 6.45) is 10.5. The Bertz CT molecular complexity index is 1170. The number of hydrogen-bond acceptors (Lipinski definition) is 6. The van der Waals surface area contributed by atoms with Crippen LogP contribution in [0.1, 0.15) is 67.3 Å². The Hall–Kier alpha value is -3.46. The van der Waals surface area contributed by atoms with E-state index in [1.54, 1.807) is 42.5 Å². The Labute approximate surface area is 229 Å². The molecule has 2 fully saturated rings. The van der Waals surface area contributed by atoms with Gasteiger partial charge in [0.05, 0.1) is 24.1 Å². The zero-order valence-corrected chi connectivity index (χ0v) is 22.6. The van der Waals surface area contributed by atoms with Gasteiger partial charge in [-0.25, -0.2) is 0 Å².